The summed E-state index contributed by atoms with van der Waals surface area (Å²) < 4.78 is 7.56. The van der Waals surface area contributed by atoms with Crippen LogP contribution in [0.3, 0.4) is 0 Å². The summed E-state index contributed by atoms with van der Waals surface area (Å²) >= 11 is 0. The first-order chi connectivity index (χ1) is 14.9. The monoisotopic (exact) mass is 554 g/mol. The molecule has 1 aliphatic rings. The van der Waals surface area contributed by atoms with Gasteiger partial charge in [-0.1, -0.05) is 12.1 Å². The highest BCUT2D eigenvalue weighted by atomic mass is 127. The van der Waals surface area contributed by atoms with Gasteiger partial charge in [-0.15, -0.1) is 24.0 Å². The number of halogens is 1. The number of aliphatic imine (C=N–C) groups is 1. The van der Waals surface area contributed by atoms with Gasteiger partial charge in [0.2, 0.25) is 0 Å². The fraction of sp³-hybridized carbons (Fsp3) is 0.522. The van der Waals surface area contributed by atoms with Crippen molar-refractivity contribution in [1.82, 2.24) is 25.7 Å². The third kappa shape index (κ3) is 7.68. The molecule has 1 fully saturated rings. The first-order valence-electron chi connectivity index (χ1n) is 10.8. The van der Waals surface area contributed by atoms with Crippen LogP contribution in [0.1, 0.15) is 42.3 Å². The Kier molecular flexibility index (Phi) is 9.80. The molecular weight excluding hydrogens is 519 g/mol. The number of ether oxygens (including phenoxy) is 1. The van der Waals surface area contributed by atoms with Crippen molar-refractivity contribution in [2.24, 2.45) is 12.0 Å². The van der Waals surface area contributed by atoms with E-state index in [1.54, 1.807) is 7.05 Å². The maximum atomic E-state index is 11.8. The molecule has 1 unspecified atom stereocenters. The number of hydrogen-bond acceptors (Lipinski definition) is 4. The zero-order chi connectivity index (χ0) is 22.4. The van der Waals surface area contributed by atoms with E-state index in [0.717, 1.165) is 36.5 Å². The molecule has 1 saturated carbocycles. The summed E-state index contributed by atoms with van der Waals surface area (Å²) in [5, 5.41) is 14.2. The highest BCUT2D eigenvalue weighted by Gasteiger charge is 2.23. The molecule has 8 nitrogen and oxygen atoms in total. The van der Waals surface area contributed by atoms with Crippen LogP contribution in [0.2, 0.25) is 0 Å². The van der Waals surface area contributed by atoms with Gasteiger partial charge in [0.05, 0.1) is 5.69 Å². The molecular formula is C23H35IN6O2. The van der Waals surface area contributed by atoms with Crippen molar-refractivity contribution in [3.63, 3.8) is 0 Å². The molecule has 3 N–H and O–H groups in total. The zero-order valence-corrected chi connectivity index (χ0v) is 21.9. The van der Waals surface area contributed by atoms with Crippen LogP contribution in [0.25, 0.3) is 0 Å². The van der Waals surface area contributed by atoms with E-state index < -0.39 is 0 Å². The molecule has 1 aromatic heterocycles. The second-order valence-corrected chi connectivity index (χ2v) is 8.23. The van der Waals surface area contributed by atoms with Crippen LogP contribution in [-0.4, -0.2) is 47.4 Å². The van der Waals surface area contributed by atoms with Gasteiger partial charge in [0, 0.05) is 38.4 Å². The number of aryl methyl sites for hydroxylation is 2. The average molecular weight is 554 g/mol. The van der Waals surface area contributed by atoms with E-state index in [-0.39, 0.29) is 42.5 Å². The van der Waals surface area contributed by atoms with E-state index in [2.05, 4.69) is 39.9 Å². The molecule has 3 rings (SSSR count). The van der Waals surface area contributed by atoms with E-state index >= 15 is 0 Å². The van der Waals surface area contributed by atoms with Crippen LogP contribution < -0.4 is 20.7 Å². The minimum absolute atomic E-state index is 0. The first kappa shape index (κ1) is 26.0. The maximum absolute atomic E-state index is 11.8. The van der Waals surface area contributed by atoms with Crippen LogP contribution in [0, 0.1) is 13.8 Å². The number of hydrogen-bond donors (Lipinski definition) is 3. The number of carbonyl (C=O) groups is 1. The molecule has 0 aliphatic heterocycles. The van der Waals surface area contributed by atoms with Crippen LogP contribution in [0.15, 0.2) is 29.3 Å². The topological polar surface area (TPSA) is 92.6 Å². The number of guanidine groups is 1. The Hall–Kier alpha value is -2.30. The number of amides is 1. The molecule has 2 aromatic rings. The van der Waals surface area contributed by atoms with Gasteiger partial charge in [-0.25, -0.2) is 0 Å². The molecule has 1 heterocycles. The predicted molar refractivity (Wildman–Crippen MR) is 138 cm³/mol. The second-order valence-electron chi connectivity index (χ2n) is 8.23. The van der Waals surface area contributed by atoms with Gasteiger partial charge in [0.15, 0.2) is 12.6 Å². The van der Waals surface area contributed by atoms with Gasteiger partial charge >= 0.3 is 0 Å². The first-order valence-corrected chi connectivity index (χ1v) is 10.8. The third-order valence-electron chi connectivity index (χ3n) is 5.45. The molecule has 176 valence electrons. The van der Waals surface area contributed by atoms with Gasteiger partial charge < -0.3 is 20.7 Å². The largest absolute Gasteiger partial charge is 0.484 e. The lowest BCUT2D eigenvalue weighted by Crippen LogP contribution is -2.42. The summed E-state index contributed by atoms with van der Waals surface area (Å²) in [4.78, 5) is 16.1. The van der Waals surface area contributed by atoms with Crippen molar-refractivity contribution >= 4 is 35.8 Å². The quantitative estimate of drug-likeness (QED) is 0.252. The van der Waals surface area contributed by atoms with Crippen molar-refractivity contribution in [2.45, 2.75) is 58.7 Å². The lowest BCUT2D eigenvalue weighted by molar-refractivity contribution is -0.123. The molecule has 0 radical (unpaired) electrons. The van der Waals surface area contributed by atoms with Crippen molar-refractivity contribution < 1.29 is 9.53 Å². The van der Waals surface area contributed by atoms with Gasteiger partial charge in [0.25, 0.3) is 5.91 Å². The fourth-order valence-corrected chi connectivity index (χ4v) is 3.48. The number of carbonyl (C=O) groups excluding carboxylic acids is 1. The van der Waals surface area contributed by atoms with E-state index in [1.807, 2.05) is 42.9 Å². The fourth-order valence-electron chi connectivity index (χ4n) is 3.48. The average Bonchev–Trinajstić information content (AvgIpc) is 3.53. The van der Waals surface area contributed by atoms with Crippen LogP contribution in [0.5, 0.6) is 5.75 Å². The highest BCUT2D eigenvalue weighted by molar-refractivity contribution is 14.0. The summed E-state index contributed by atoms with van der Waals surface area (Å²) in [7, 11) is 3.74. The van der Waals surface area contributed by atoms with E-state index in [1.165, 1.54) is 11.3 Å². The Balaban J connectivity index is 0.00000363. The molecule has 1 atom stereocenters. The van der Waals surface area contributed by atoms with E-state index in [4.69, 9.17) is 4.74 Å². The molecule has 32 heavy (non-hydrogen) atoms. The number of rotatable bonds is 9. The summed E-state index contributed by atoms with van der Waals surface area (Å²) in [5.41, 5.74) is 4.58. The third-order valence-corrected chi connectivity index (χ3v) is 5.45. The van der Waals surface area contributed by atoms with Gasteiger partial charge in [-0.3, -0.25) is 14.5 Å². The Morgan fingerprint density at radius 1 is 1.34 bits per heavy atom. The van der Waals surface area contributed by atoms with Gasteiger partial charge in [0.1, 0.15) is 5.75 Å². The Morgan fingerprint density at radius 3 is 2.72 bits per heavy atom. The minimum Gasteiger partial charge on any atom is -0.484 e. The lowest BCUT2D eigenvalue weighted by atomic mass is 10.1. The highest BCUT2D eigenvalue weighted by Crippen LogP contribution is 2.19. The van der Waals surface area contributed by atoms with Crippen LogP contribution in [-0.2, 0) is 24.8 Å². The number of nitrogens with zero attached hydrogens (tertiary/aromatic N) is 3. The molecule has 1 amide bonds. The standard InChI is InChI=1S/C23H34N6O2.HI/c1-15(11-21-16(2)28-29(5)17(21)3)26-23(24-4)25-13-18-7-6-8-20(12-18)31-14-22(30)27-19-9-10-19;/h6-8,12,15,19H,9-11,13-14H2,1-5H3,(H,27,30)(H2,24,25,26);1H. The summed E-state index contributed by atoms with van der Waals surface area (Å²) in [6.45, 7) is 6.93. The molecule has 0 bridgehead atoms. The molecule has 0 spiro atoms. The van der Waals surface area contributed by atoms with E-state index in [0.29, 0.717) is 18.3 Å². The number of aromatic nitrogens is 2. The van der Waals surface area contributed by atoms with E-state index in [9.17, 15) is 4.79 Å². The summed E-state index contributed by atoms with van der Waals surface area (Å²) in [6, 6.07) is 8.30. The van der Waals surface area contributed by atoms with Crippen molar-refractivity contribution in [1.29, 1.82) is 0 Å². The predicted octanol–water partition coefficient (Wildman–Crippen LogP) is 2.61. The molecule has 0 saturated heterocycles. The number of benzene rings is 1. The lowest BCUT2D eigenvalue weighted by Gasteiger charge is -2.18. The molecule has 1 aromatic carbocycles. The van der Waals surface area contributed by atoms with Crippen LogP contribution in [0.4, 0.5) is 0 Å². The van der Waals surface area contributed by atoms with Gasteiger partial charge in [-0.2, -0.15) is 5.10 Å². The van der Waals surface area contributed by atoms with Crippen molar-refractivity contribution in [3.8, 4) is 5.75 Å². The number of nitrogens with one attached hydrogen (secondary N) is 3. The molecule has 9 heteroatoms. The van der Waals surface area contributed by atoms with Crippen LogP contribution >= 0.6 is 24.0 Å². The Bertz CT molecular complexity index is 939. The van der Waals surface area contributed by atoms with Crippen molar-refractivity contribution in [3.05, 3.63) is 46.8 Å². The zero-order valence-electron chi connectivity index (χ0n) is 19.6. The normalized spacial score (nSPS) is 14.3. The summed E-state index contributed by atoms with van der Waals surface area (Å²) in [5.74, 6) is 1.36. The summed E-state index contributed by atoms with van der Waals surface area (Å²) in [6.07, 6.45) is 3.02. The Labute approximate surface area is 207 Å². The Morgan fingerprint density at radius 2 is 2.09 bits per heavy atom. The van der Waals surface area contributed by atoms with Gasteiger partial charge in [-0.05, 0) is 63.3 Å². The second kappa shape index (κ2) is 12.1. The minimum atomic E-state index is -0.0660. The van der Waals surface area contributed by atoms with Crippen molar-refractivity contribution in [2.75, 3.05) is 13.7 Å². The SMILES string of the molecule is CN=C(NCc1cccc(OCC(=O)NC2CC2)c1)NC(C)Cc1c(C)nn(C)c1C.I. The smallest absolute Gasteiger partial charge is 0.258 e. The molecule has 1 aliphatic carbocycles. The maximum Gasteiger partial charge on any atom is 0.258 e.